The predicted molar refractivity (Wildman–Crippen MR) is 97.8 cm³/mol. The fourth-order valence-electron chi connectivity index (χ4n) is 2.78. The van der Waals surface area contributed by atoms with Crippen LogP contribution in [0.1, 0.15) is 33.6 Å². The molecule has 1 aromatic heterocycles. The van der Waals surface area contributed by atoms with Crippen molar-refractivity contribution in [3.8, 4) is 5.75 Å². The van der Waals surface area contributed by atoms with Gasteiger partial charge in [-0.15, -0.1) is 11.3 Å². The lowest BCUT2D eigenvalue weighted by molar-refractivity contribution is 0.0921. The largest absolute Gasteiger partial charge is 0.489 e. The zero-order valence-corrected chi connectivity index (χ0v) is 15.1. The number of thiophene rings is 1. The maximum atomic E-state index is 12.4. The van der Waals surface area contributed by atoms with Crippen molar-refractivity contribution in [1.29, 1.82) is 0 Å². The van der Waals surface area contributed by atoms with Crippen molar-refractivity contribution < 1.29 is 9.53 Å². The molecule has 1 saturated heterocycles. The number of hydrogen-bond donors (Lipinski definition) is 1. The fourth-order valence-corrected chi connectivity index (χ4v) is 3.58. The van der Waals surface area contributed by atoms with Crippen molar-refractivity contribution in [2.75, 3.05) is 20.1 Å². The first-order valence-corrected chi connectivity index (χ1v) is 9.24. The standard InChI is InChI=1S/C19H24N2O2S/c1-14-3-5-17(6-4-14)23-12-15-11-18(24-13-15)19(22)20-16-7-9-21(2)10-8-16/h3-6,11,13,16H,7-10,12H2,1-2H3,(H,20,22). The van der Waals surface area contributed by atoms with Crippen LogP contribution in [0.15, 0.2) is 35.7 Å². The average molecular weight is 344 g/mol. The third kappa shape index (κ3) is 4.58. The highest BCUT2D eigenvalue weighted by Gasteiger charge is 2.19. The van der Waals surface area contributed by atoms with Crippen molar-refractivity contribution in [2.24, 2.45) is 0 Å². The van der Waals surface area contributed by atoms with Crippen LogP contribution in [0.5, 0.6) is 5.75 Å². The molecule has 0 saturated carbocycles. The van der Waals surface area contributed by atoms with Gasteiger partial charge < -0.3 is 15.0 Å². The maximum absolute atomic E-state index is 12.4. The monoisotopic (exact) mass is 344 g/mol. The molecule has 2 aromatic rings. The number of nitrogens with zero attached hydrogens (tertiary/aromatic N) is 1. The van der Waals surface area contributed by atoms with E-state index in [4.69, 9.17) is 4.74 Å². The Kier molecular flexibility index (Phi) is 5.53. The minimum absolute atomic E-state index is 0.0381. The van der Waals surface area contributed by atoms with E-state index in [0.717, 1.165) is 42.1 Å². The molecule has 24 heavy (non-hydrogen) atoms. The van der Waals surface area contributed by atoms with Gasteiger partial charge in [0.25, 0.3) is 5.91 Å². The van der Waals surface area contributed by atoms with Crippen LogP contribution in [0.2, 0.25) is 0 Å². The van der Waals surface area contributed by atoms with E-state index < -0.39 is 0 Å². The number of aryl methyl sites for hydroxylation is 1. The number of amides is 1. The van der Waals surface area contributed by atoms with E-state index in [1.54, 1.807) is 0 Å². The number of rotatable bonds is 5. The minimum Gasteiger partial charge on any atom is -0.489 e. The van der Waals surface area contributed by atoms with Crippen LogP contribution >= 0.6 is 11.3 Å². The van der Waals surface area contributed by atoms with Crippen LogP contribution in [-0.4, -0.2) is 37.0 Å². The second-order valence-corrected chi connectivity index (χ2v) is 7.38. The quantitative estimate of drug-likeness (QED) is 0.903. The molecular formula is C19H24N2O2S. The number of ether oxygens (including phenoxy) is 1. The molecule has 0 atom stereocenters. The Morgan fingerprint density at radius 1 is 1.29 bits per heavy atom. The van der Waals surface area contributed by atoms with Crippen LogP contribution in [-0.2, 0) is 6.61 Å². The molecule has 1 N–H and O–H groups in total. The molecule has 1 aliphatic rings. The van der Waals surface area contributed by atoms with Crippen molar-refractivity contribution in [2.45, 2.75) is 32.4 Å². The Labute approximate surface area is 147 Å². The SMILES string of the molecule is Cc1ccc(OCc2csc(C(=O)NC3CCN(C)CC3)c2)cc1. The normalized spacial score (nSPS) is 16.1. The molecule has 4 nitrogen and oxygen atoms in total. The summed E-state index contributed by atoms with van der Waals surface area (Å²) in [5, 5.41) is 5.15. The molecule has 0 aliphatic carbocycles. The summed E-state index contributed by atoms with van der Waals surface area (Å²) in [4.78, 5) is 15.4. The summed E-state index contributed by atoms with van der Waals surface area (Å²) in [6, 6.07) is 10.2. The summed E-state index contributed by atoms with van der Waals surface area (Å²) >= 11 is 1.48. The van der Waals surface area contributed by atoms with Gasteiger partial charge in [0.05, 0.1) is 4.88 Å². The van der Waals surface area contributed by atoms with Crippen molar-refractivity contribution in [1.82, 2.24) is 10.2 Å². The summed E-state index contributed by atoms with van der Waals surface area (Å²) in [5.41, 5.74) is 2.25. The Bertz CT molecular complexity index is 673. The molecule has 1 aromatic carbocycles. The zero-order valence-electron chi connectivity index (χ0n) is 14.2. The highest BCUT2D eigenvalue weighted by Crippen LogP contribution is 2.19. The molecule has 0 unspecified atom stereocenters. The Morgan fingerprint density at radius 2 is 2.00 bits per heavy atom. The summed E-state index contributed by atoms with van der Waals surface area (Å²) in [6.07, 6.45) is 2.05. The van der Waals surface area contributed by atoms with Crippen LogP contribution in [0.4, 0.5) is 0 Å². The van der Waals surface area contributed by atoms with E-state index in [-0.39, 0.29) is 5.91 Å². The molecule has 0 radical (unpaired) electrons. The first-order chi connectivity index (χ1) is 11.6. The number of piperidine rings is 1. The molecule has 5 heteroatoms. The number of benzene rings is 1. The molecule has 1 fully saturated rings. The molecule has 1 amide bonds. The summed E-state index contributed by atoms with van der Waals surface area (Å²) < 4.78 is 5.77. The summed E-state index contributed by atoms with van der Waals surface area (Å²) in [7, 11) is 2.12. The third-order valence-electron chi connectivity index (χ3n) is 4.36. The molecule has 0 spiro atoms. The lowest BCUT2D eigenvalue weighted by Crippen LogP contribution is -2.43. The highest BCUT2D eigenvalue weighted by molar-refractivity contribution is 7.12. The topological polar surface area (TPSA) is 41.6 Å². The summed E-state index contributed by atoms with van der Waals surface area (Å²) in [6.45, 7) is 4.63. The molecule has 0 bridgehead atoms. The van der Waals surface area contributed by atoms with Crippen molar-refractivity contribution >= 4 is 17.2 Å². The Hall–Kier alpha value is -1.85. The third-order valence-corrected chi connectivity index (χ3v) is 5.34. The first kappa shape index (κ1) is 17.0. The average Bonchev–Trinajstić information content (AvgIpc) is 3.06. The summed E-state index contributed by atoms with van der Waals surface area (Å²) in [5.74, 6) is 0.889. The van der Waals surface area contributed by atoms with Gasteiger partial charge in [-0.2, -0.15) is 0 Å². The van der Waals surface area contributed by atoms with Gasteiger partial charge >= 0.3 is 0 Å². The Morgan fingerprint density at radius 3 is 2.71 bits per heavy atom. The van der Waals surface area contributed by atoms with Gasteiger partial charge in [0, 0.05) is 11.6 Å². The number of nitrogens with one attached hydrogen (secondary N) is 1. The molecule has 2 heterocycles. The number of hydrogen-bond acceptors (Lipinski definition) is 4. The Balaban J connectivity index is 1.51. The second-order valence-electron chi connectivity index (χ2n) is 6.47. The van der Waals surface area contributed by atoms with Gasteiger partial charge in [-0.25, -0.2) is 0 Å². The van der Waals surface area contributed by atoms with Crippen LogP contribution < -0.4 is 10.1 Å². The van der Waals surface area contributed by atoms with Gasteiger partial charge in [-0.1, -0.05) is 17.7 Å². The molecule has 3 rings (SSSR count). The van der Waals surface area contributed by atoms with E-state index in [1.807, 2.05) is 35.7 Å². The van der Waals surface area contributed by atoms with Crippen LogP contribution in [0.25, 0.3) is 0 Å². The first-order valence-electron chi connectivity index (χ1n) is 8.36. The second kappa shape index (κ2) is 7.81. The van der Waals surface area contributed by atoms with Crippen LogP contribution in [0.3, 0.4) is 0 Å². The number of likely N-dealkylation sites (tertiary alicyclic amines) is 1. The highest BCUT2D eigenvalue weighted by atomic mass is 32.1. The van der Waals surface area contributed by atoms with Gasteiger partial charge in [-0.05, 0) is 63.5 Å². The van der Waals surface area contributed by atoms with Crippen LogP contribution in [0, 0.1) is 6.92 Å². The van der Waals surface area contributed by atoms with Gasteiger partial charge in [-0.3, -0.25) is 4.79 Å². The molecule has 128 valence electrons. The zero-order chi connectivity index (χ0) is 16.9. The lowest BCUT2D eigenvalue weighted by Gasteiger charge is -2.29. The molecular weight excluding hydrogens is 320 g/mol. The van der Waals surface area contributed by atoms with Crippen molar-refractivity contribution in [3.63, 3.8) is 0 Å². The lowest BCUT2D eigenvalue weighted by atomic mass is 10.1. The molecule has 1 aliphatic heterocycles. The van der Waals surface area contributed by atoms with E-state index in [1.165, 1.54) is 16.9 Å². The van der Waals surface area contributed by atoms with Gasteiger partial charge in [0.2, 0.25) is 0 Å². The van der Waals surface area contributed by atoms with E-state index >= 15 is 0 Å². The number of carbonyl (C=O) groups is 1. The van der Waals surface area contributed by atoms with E-state index in [0.29, 0.717) is 12.6 Å². The van der Waals surface area contributed by atoms with Crippen molar-refractivity contribution in [3.05, 3.63) is 51.7 Å². The smallest absolute Gasteiger partial charge is 0.261 e. The fraction of sp³-hybridized carbons (Fsp3) is 0.421. The number of carbonyl (C=O) groups excluding carboxylic acids is 1. The van der Waals surface area contributed by atoms with Gasteiger partial charge in [0.15, 0.2) is 0 Å². The van der Waals surface area contributed by atoms with Gasteiger partial charge in [0.1, 0.15) is 12.4 Å². The van der Waals surface area contributed by atoms with E-state index in [2.05, 4.69) is 24.2 Å². The predicted octanol–water partition coefficient (Wildman–Crippen LogP) is 3.46. The van der Waals surface area contributed by atoms with E-state index in [9.17, 15) is 4.79 Å². The maximum Gasteiger partial charge on any atom is 0.261 e. The minimum atomic E-state index is 0.0381.